The van der Waals surface area contributed by atoms with Gasteiger partial charge in [0.05, 0.1) is 11.0 Å². The van der Waals surface area contributed by atoms with Crippen LogP contribution in [-0.2, 0) is 0 Å². The molecule has 1 amide bonds. The van der Waals surface area contributed by atoms with Crippen LogP contribution in [-0.4, -0.2) is 22.0 Å². The largest absolute Gasteiger partial charge is 0.491 e. The fourth-order valence-electron chi connectivity index (χ4n) is 2.05. The van der Waals surface area contributed by atoms with Gasteiger partial charge in [0, 0.05) is 17.3 Å². The van der Waals surface area contributed by atoms with E-state index >= 15 is 0 Å². The maximum absolute atomic E-state index is 12.3. The SMILES string of the molecule is CC(C)Oc1cccc(C(=O)NC(=S)Nc2ccc(Cl)c([N+](=O)[O-])c2)c1. The highest BCUT2D eigenvalue weighted by Gasteiger charge is 2.14. The second-order valence-electron chi connectivity index (χ2n) is 5.53. The summed E-state index contributed by atoms with van der Waals surface area (Å²) >= 11 is 10.8. The van der Waals surface area contributed by atoms with E-state index in [-0.39, 0.29) is 21.9 Å². The summed E-state index contributed by atoms with van der Waals surface area (Å²) in [6.45, 7) is 3.77. The number of rotatable bonds is 5. The molecule has 0 saturated heterocycles. The molecule has 0 atom stereocenters. The first-order valence-corrected chi connectivity index (χ1v) is 8.38. The summed E-state index contributed by atoms with van der Waals surface area (Å²) in [6.07, 6.45) is -0.0169. The molecule has 26 heavy (non-hydrogen) atoms. The van der Waals surface area contributed by atoms with Crippen molar-refractivity contribution in [2.45, 2.75) is 20.0 Å². The molecule has 0 radical (unpaired) electrons. The average Bonchev–Trinajstić information content (AvgIpc) is 2.56. The zero-order valence-electron chi connectivity index (χ0n) is 14.0. The Morgan fingerprint density at radius 2 is 2.00 bits per heavy atom. The highest BCUT2D eigenvalue weighted by atomic mass is 35.5. The molecule has 136 valence electrons. The molecule has 2 aromatic rings. The molecule has 0 unspecified atom stereocenters. The fourth-order valence-corrected chi connectivity index (χ4v) is 2.45. The molecule has 0 aliphatic heterocycles. The van der Waals surface area contributed by atoms with Gasteiger partial charge >= 0.3 is 0 Å². The van der Waals surface area contributed by atoms with Crippen molar-refractivity contribution >= 4 is 46.2 Å². The number of amides is 1. The third kappa shape index (κ3) is 5.40. The molecule has 7 nitrogen and oxygen atoms in total. The van der Waals surface area contributed by atoms with Crippen molar-refractivity contribution in [3.8, 4) is 5.75 Å². The van der Waals surface area contributed by atoms with Crippen LogP contribution >= 0.6 is 23.8 Å². The molecular formula is C17H16ClN3O4S. The molecule has 0 fully saturated rings. The average molecular weight is 394 g/mol. The predicted molar refractivity (Wildman–Crippen MR) is 104 cm³/mol. The van der Waals surface area contributed by atoms with Gasteiger partial charge < -0.3 is 10.1 Å². The van der Waals surface area contributed by atoms with E-state index in [0.717, 1.165) is 0 Å². The minimum Gasteiger partial charge on any atom is -0.491 e. The highest BCUT2D eigenvalue weighted by molar-refractivity contribution is 7.80. The number of benzene rings is 2. The Bertz CT molecular complexity index is 858. The minimum absolute atomic E-state index is 0.00167. The molecule has 0 bridgehead atoms. The monoisotopic (exact) mass is 393 g/mol. The van der Waals surface area contributed by atoms with Crippen LogP contribution in [0.1, 0.15) is 24.2 Å². The van der Waals surface area contributed by atoms with Gasteiger partial charge in [-0.25, -0.2) is 0 Å². The number of ether oxygens (including phenoxy) is 1. The van der Waals surface area contributed by atoms with Crippen LogP contribution in [0.3, 0.4) is 0 Å². The van der Waals surface area contributed by atoms with E-state index < -0.39 is 10.8 Å². The number of carbonyl (C=O) groups excluding carboxylic acids is 1. The first-order chi connectivity index (χ1) is 12.3. The number of halogens is 1. The molecule has 2 N–H and O–H groups in total. The van der Waals surface area contributed by atoms with E-state index in [1.807, 2.05) is 13.8 Å². The predicted octanol–water partition coefficient (Wildman–Crippen LogP) is 4.16. The second kappa shape index (κ2) is 8.59. The zero-order valence-corrected chi connectivity index (χ0v) is 15.6. The Morgan fingerprint density at radius 3 is 2.65 bits per heavy atom. The van der Waals surface area contributed by atoms with Crippen molar-refractivity contribution in [3.05, 3.63) is 63.2 Å². The number of nitrogens with one attached hydrogen (secondary N) is 2. The van der Waals surface area contributed by atoms with Gasteiger partial charge in [0.2, 0.25) is 0 Å². The van der Waals surface area contributed by atoms with Gasteiger partial charge in [0.15, 0.2) is 5.11 Å². The lowest BCUT2D eigenvalue weighted by Gasteiger charge is -2.12. The molecule has 0 aromatic heterocycles. The normalized spacial score (nSPS) is 10.3. The summed E-state index contributed by atoms with van der Waals surface area (Å²) < 4.78 is 5.55. The molecule has 2 aromatic carbocycles. The first-order valence-electron chi connectivity index (χ1n) is 7.59. The molecule has 0 heterocycles. The molecule has 0 spiro atoms. The van der Waals surface area contributed by atoms with Crippen molar-refractivity contribution in [3.63, 3.8) is 0 Å². The Kier molecular flexibility index (Phi) is 6.48. The number of nitro groups is 1. The summed E-state index contributed by atoms with van der Waals surface area (Å²) in [4.78, 5) is 22.6. The zero-order chi connectivity index (χ0) is 19.3. The van der Waals surface area contributed by atoms with E-state index in [2.05, 4.69) is 10.6 Å². The van der Waals surface area contributed by atoms with Gasteiger partial charge in [-0.15, -0.1) is 0 Å². The van der Waals surface area contributed by atoms with Gasteiger partial charge in [-0.2, -0.15) is 0 Å². The van der Waals surface area contributed by atoms with Crippen LogP contribution in [0.25, 0.3) is 0 Å². The number of carbonyl (C=O) groups is 1. The number of nitrogens with zero attached hydrogens (tertiary/aromatic N) is 1. The van der Waals surface area contributed by atoms with Gasteiger partial charge in [-0.1, -0.05) is 17.7 Å². The summed E-state index contributed by atoms with van der Waals surface area (Å²) in [5.74, 6) is 0.139. The maximum atomic E-state index is 12.3. The number of anilines is 1. The van der Waals surface area contributed by atoms with Crippen molar-refractivity contribution < 1.29 is 14.5 Å². The third-order valence-corrected chi connectivity index (χ3v) is 3.62. The third-order valence-electron chi connectivity index (χ3n) is 3.10. The van der Waals surface area contributed by atoms with Crippen LogP contribution < -0.4 is 15.4 Å². The van der Waals surface area contributed by atoms with E-state index in [0.29, 0.717) is 17.0 Å². The summed E-state index contributed by atoms with van der Waals surface area (Å²) in [5, 5.41) is 16.2. The van der Waals surface area contributed by atoms with E-state index in [1.165, 1.54) is 18.2 Å². The highest BCUT2D eigenvalue weighted by Crippen LogP contribution is 2.27. The lowest BCUT2D eigenvalue weighted by atomic mass is 10.2. The van der Waals surface area contributed by atoms with E-state index in [4.69, 9.17) is 28.6 Å². The van der Waals surface area contributed by atoms with Gasteiger partial charge in [-0.3, -0.25) is 20.2 Å². The van der Waals surface area contributed by atoms with Crippen molar-refractivity contribution in [2.24, 2.45) is 0 Å². The number of nitro benzene ring substituents is 1. The standard InChI is InChI=1S/C17H16ClN3O4S/c1-10(2)25-13-5-3-4-11(8-13)16(22)20-17(26)19-12-6-7-14(18)15(9-12)21(23)24/h3-10H,1-2H3,(H2,19,20,22,26). The van der Waals surface area contributed by atoms with Crippen LogP contribution in [0.5, 0.6) is 5.75 Å². The van der Waals surface area contributed by atoms with Gasteiger partial charge in [0.25, 0.3) is 11.6 Å². The van der Waals surface area contributed by atoms with Crippen LogP contribution in [0.2, 0.25) is 5.02 Å². The molecule has 0 saturated carbocycles. The lowest BCUT2D eigenvalue weighted by molar-refractivity contribution is -0.384. The Labute approximate surface area is 160 Å². The lowest BCUT2D eigenvalue weighted by Crippen LogP contribution is -2.34. The molecule has 0 aliphatic carbocycles. The van der Waals surface area contributed by atoms with Crippen molar-refractivity contribution in [1.29, 1.82) is 0 Å². The Morgan fingerprint density at radius 1 is 1.27 bits per heavy atom. The first kappa shape index (κ1) is 19.6. The fraction of sp³-hybridized carbons (Fsp3) is 0.176. The van der Waals surface area contributed by atoms with Gasteiger partial charge in [-0.05, 0) is 56.4 Å². The van der Waals surface area contributed by atoms with Crippen molar-refractivity contribution in [2.75, 3.05) is 5.32 Å². The number of hydrogen-bond acceptors (Lipinski definition) is 5. The summed E-state index contributed by atoms with van der Waals surface area (Å²) in [5.41, 5.74) is 0.446. The van der Waals surface area contributed by atoms with Crippen LogP contribution in [0.4, 0.5) is 11.4 Å². The second-order valence-corrected chi connectivity index (χ2v) is 6.34. The smallest absolute Gasteiger partial charge is 0.289 e. The van der Waals surface area contributed by atoms with Gasteiger partial charge in [0.1, 0.15) is 10.8 Å². The van der Waals surface area contributed by atoms with Crippen LogP contribution in [0.15, 0.2) is 42.5 Å². The molecule has 2 rings (SSSR count). The van der Waals surface area contributed by atoms with Crippen molar-refractivity contribution in [1.82, 2.24) is 5.32 Å². The molecular weight excluding hydrogens is 378 g/mol. The quantitative estimate of drug-likeness (QED) is 0.450. The minimum atomic E-state index is -0.602. The molecule has 0 aliphatic rings. The maximum Gasteiger partial charge on any atom is 0.289 e. The summed E-state index contributed by atoms with van der Waals surface area (Å²) in [6, 6.07) is 10.8. The number of hydrogen-bond donors (Lipinski definition) is 2. The van der Waals surface area contributed by atoms with Crippen LogP contribution in [0, 0.1) is 10.1 Å². The van der Waals surface area contributed by atoms with E-state index in [9.17, 15) is 14.9 Å². The Balaban J connectivity index is 2.05. The number of thiocarbonyl (C=S) groups is 1. The Hall–Kier alpha value is -2.71. The summed E-state index contributed by atoms with van der Waals surface area (Å²) in [7, 11) is 0. The molecule has 9 heteroatoms. The topological polar surface area (TPSA) is 93.5 Å². The van der Waals surface area contributed by atoms with E-state index in [1.54, 1.807) is 24.3 Å².